The number of carbonyl (C=O) groups excluding carboxylic acids is 1. The van der Waals surface area contributed by atoms with Crippen LogP contribution < -0.4 is 5.32 Å². The Balaban J connectivity index is 2.52. The number of para-hydroxylation sites is 1. The lowest BCUT2D eigenvalue weighted by Gasteiger charge is -2.07. The predicted octanol–water partition coefficient (Wildman–Crippen LogP) is 4.77. The second-order valence-corrected chi connectivity index (χ2v) is 4.66. The second-order valence-electron chi connectivity index (χ2n) is 2.85. The maximum absolute atomic E-state index is 11.3. The van der Waals surface area contributed by atoms with E-state index < -0.39 is 6.09 Å². The molecule has 1 rings (SSSR count). The average Bonchev–Trinajstić information content (AvgIpc) is 2.29. The van der Waals surface area contributed by atoms with E-state index in [2.05, 4.69) is 5.32 Å². The summed E-state index contributed by atoms with van der Waals surface area (Å²) in [4.78, 5) is 11.3. The molecular formula is C10H7Cl4NO2. The van der Waals surface area contributed by atoms with Gasteiger partial charge in [0.25, 0.3) is 0 Å². The fraction of sp³-hybridized carbons (Fsp3) is 0.100. The molecular weight excluding hydrogens is 308 g/mol. The Morgan fingerprint density at radius 3 is 2.47 bits per heavy atom. The number of benzene rings is 1. The number of hydrogen-bond donors (Lipinski definition) is 1. The molecule has 7 heteroatoms. The standard InChI is InChI=1S/C10H7Cl4NO2/c11-6-3-1-2-4-8(6)15-10(16)17-5-7(12)9(13)14/h1-4H,5H2,(H,15,16). The van der Waals surface area contributed by atoms with Gasteiger partial charge in [0.1, 0.15) is 11.1 Å². The number of rotatable bonds is 3. The molecule has 0 fully saturated rings. The van der Waals surface area contributed by atoms with E-state index in [9.17, 15) is 4.79 Å². The van der Waals surface area contributed by atoms with Gasteiger partial charge in [-0.3, -0.25) is 5.32 Å². The van der Waals surface area contributed by atoms with Crippen molar-refractivity contribution in [2.75, 3.05) is 11.9 Å². The summed E-state index contributed by atoms with van der Waals surface area (Å²) in [5, 5.41) is 2.89. The van der Waals surface area contributed by atoms with Gasteiger partial charge in [-0.2, -0.15) is 0 Å². The Kier molecular flexibility index (Phi) is 5.92. The van der Waals surface area contributed by atoms with E-state index in [0.29, 0.717) is 10.7 Å². The summed E-state index contributed by atoms with van der Waals surface area (Å²) in [7, 11) is 0. The Morgan fingerprint density at radius 2 is 1.88 bits per heavy atom. The zero-order valence-corrected chi connectivity index (χ0v) is 11.4. The lowest BCUT2D eigenvalue weighted by atomic mass is 10.3. The molecule has 0 radical (unpaired) electrons. The summed E-state index contributed by atoms with van der Waals surface area (Å²) in [6, 6.07) is 6.74. The second kappa shape index (κ2) is 6.97. The van der Waals surface area contributed by atoms with E-state index >= 15 is 0 Å². The van der Waals surface area contributed by atoms with Crippen LogP contribution >= 0.6 is 46.4 Å². The van der Waals surface area contributed by atoms with Crippen LogP contribution in [0.15, 0.2) is 33.8 Å². The van der Waals surface area contributed by atoms with Gasteiger partial charge in [0.2, 0.25) is 0 Å². The molecule has 0 spiro atoms. The van der Waals surface area contributed by atoms with Gasteiger partial charge >= 0.3 is 6.09 Å². The van der Waals surface area contributed by atoms with Gasteiger partial charge < -0.3 is 4.74 Å². The molecule has 0 saturated heterocycles. The highest BCUT2D eigenvalue weighted by Crippen LogP contribution is 2.21. The molecule has 0 unspecified atom stereocenters. The van der Waals surface area contributed by atoms with Crippen molar-refractivity contribution in [1.29, 1.82) is 0 Å². The molecule has 0 heterocycles. The fourth-order valence-electron chi connectivity index (χ4n) is 0.892. The van der Waals surface area contributed by atoms with Crippen molar-refractivity contribution in [3.8, 4) is 0 Å². The third kappa shape index (κ3) is 5.04. The van der Waals surface area contributed by atoms with E-state index in [1.54, 1.807) is 24.3 Å². The lowest BCUT2D eigenvalue weighted by Crippen LogP contribution is -2.14. The zero-order chi connectivity index (χ0) is 12.8. The van der Waals surface area contributed by atoms with Gasteiger partial charge in [-0.25, -0.2) is 4.79 Å². The van der Waals surface area contributed by atoms with Crippen molar-refractivity contribution in [2.24, 2.45) is 0 Å². The Bertz CT molecular complexity index is 444. The highest BCUT2D eigenvalue weighted by Gasteiger charge is 2.07. The van der Waals surface area contributed by atoms with Crippen LogP contribution in [0, 0.1) is 0 Å². The maximum atomic E-state index is 11.3. The van der Waals surface area contributed by atoms with E-state index in [4.69, 9.17) is 51.1 Å². The normalized spacial score (nSPS) is 9.65. The number of amides is 1. The van der Waals surface area contributed by atoms with Crippen LogP contribution in [0.1, 0.15) is 0 Å². The minimum absolute atomic E-state index is 0.0441. The number of hydrogen-bond acceptors (Lipinski definition) is 2. The van der Waals surface area contributed by atoms with Crippen LogP contribution in [-0.4, -0.2) is 12.7 Å². The quantitative estimate of drug-likeness (QED) is 0.872. The van der Waals surface area contributed by atoms with Crippen molar-refractivity contribution in [3.05, 3.63) is 38.8 Å². The van der Waals surface area contributed by atoms with Gasteiger partial charge in [0.05, 0.1) is 15.7 Å². The molecule has 0 aliphatic heterocycles. The first-order chi connectivity index (χ1) is 8.00. The van der Waals surface area contributed by atoms with Gasteiger partial charge in [0, 0.05) is 0 Å². The summed E-state index contributed by atoms with van der Waals surface area (Å²) < 4.78 is 4.62. The van der Waals surface area contributed by atoms with Crippen molar-refractivity contribution in [3.63, 3.8) is 0 Å². The number of anilines is 1. The summed E-state index contributed by atoms with van der Waals surface area (Å²) >= 11 is 22.2. The topological polar surface area (TPSA) is 38.3 Å². The Morgan fingerprint density at radius 1 is 1.24 bits per heavy atom. The summed E-state index contributed by atoms with van der Waals surface area (Å²) in [6.45, 7) is -0.208. The van der Waals surface area contributed by atoms with E-state index in [-0.39, 0.29) is 16.1 Å². The molecule has 3 nitrogen and oxygen atoms in total. The first-order valence-electron chi connectivity index (χ1n) is 4.38. The van der Waals surface area contributed by atoms with Gasteiger partial charge in [-0.15, -0.1) is 0 Å². The summed E-state index contributed by atoms with van der Waals surface area (Å²) in [5.74, 6) is 0. The molecule has 0 bridgehead atoms. The van der Waals surface area contributed by atoms with Gasteiger partial charge in [-0.1, -0.05) is 58.5 Å². The molecule has 1 N–H and O–H groups in total. The first kappa shape index (κ1) is 14.5. The molecule has 0 aliphatic rings. The van der Waals surface area contributed by atoms with Crippen LogP contribution in [0.4, 0.5) is 10.5 Å². The molecule has 17 heavy (non-hydrogen) atoms. The lowest BCUT2D eigenvalue weighted by molar-refractivity contribution is 0.173. The van der Waals surface area contributed by atoms with Gasteiger partial charge in [0.15, 0.2) is 0 Å². The van der Waals surface area contributed by atoms with E-state index in [0.717, 1.165) is 0 Å². The third-order valence-corrected chi connectivity index (χ3v) is 2.92. The number of carbonyl (C=O) groups is 1. The minimum Gasteiger partial charge on any atom is -0.443 e. The third-order valence-electron chi connectivity index (χ3n) is 1.65. The van der Waals surface area contributed by atoms with Crippen LogP contribution in [0.2, 0.25) is 5.02 Å². The highest BCUT2D eigenvalue weighted by atomic mass is 35.5. The first-order valence-corrected chi connectivity index (χ1v) is 5.90. The van der Waals surface area contributed by atoms with E-state index in [1.165, 1.54) is 0 Å². The van der Waals surface area contributed by atoms with Crippen molar-refractivity contribution < 1.29 is 9.53 Å². The largest absolute Gasteiger partial charge is 0.443 e. The van der Waals surface area contributed by atoms with Crippen LogP contribution in [0.5, 0.6) is 0 Å². The van der Waals surface area contributed by atoms with Crippen molar-refractivity contribution in [2.45, 2.75) is 0 Å². The molecule has 1 aromatic rings. The molecule has 92 valence electrons. The summed E-state index contributed by atoms with van der Waals surface area (Å²) in [6.07, 6.45) is -0.703. The molecule has 0 saturated carbocycles. The predicted molar refractivity (Wildman–Crippen MR) is 71.0 cm³/mol. The fourth-order valence-corrected chi connectivity index (χ4v) is 1.24. The summed E-state index contributed by atoms with van der Waals surface area (Å²) in [5.41, 5.74) is 0.441. The van der Waals surface area contributed by atoms with Crippen molar-refractivity contribution in [1.82, 2.24) is 0 Å². The minimum atomic E-state index is -0.703. The monoisotopic (exact) mass is 313 g/mol. The Labute approximate surface area is 118 Å². The number of nitrogens with one attached hydrogen (secondary N) is 1. The van der Waals surface area contributed by atoms with Crippen LogP contribution in [0.25, 0.3) is 0 Å². The number of ether oxygens (including phenoxy) is 1. The number of halogens is 4. The van der Waals surface area contributed by atoms with Crippen LogP contribution in [-0.2, 0) is 4.74 Å². The molecule has 0 atom stereocenters. The van der Waals surface area contributed by atoms with Crippen LogP contribution in [0.3, 0.4) is 0 Å². The molecule has 0 aliphatic carbocycles. The smallest absolute Gasteiger partial charge is 0.412 e. The highest BCUT2D eigenvalue weighted by molar-refractivity contribution is 6.59. The maximum Gasteiger partial charge on any atom is 0.412 e. The SMILES string of the molecule is O=C(Nc1ccccc1Cl)OCC(Cl)=C(Cl)Cl. The van der Waals surface area contributed by atoms with Crippen molar-refractivity contribution >= 4 is 58.2 Å². The zero-order valence-electron chi connectivity index (χ0n) is 8.34. The van der Waals surface area contributed by atoms with E-state index in [1.807, 2.05) is 0 Å². The molecule has 1 amide bonds. The molecule has 0 aromatic heterocycles. The average molecular weight is 315 g/mol. The Hall–Kier alpha value is -0.610. The van der Waals surface area contributed by atoms with Gasteiger partial charge in [-0.05, 0) is 12.1 Å². The molecule has 1 aromatic carbocycles.